The number of ketones is 1. The summed E-state index contributed by atoms with van der Waals surface area (Å²) in [6.07, 6.45) is 0. The molecule has 148 valence electrons. The second-order valence-corrected chi connectivity index (χ2v) is 6.91. The highest BCUT2D eigenvalue weighted by Crippen LogP contribution is 2.29. The van der Waals surface area contributed by atoms with Crippen LogP contribution in [0.2, 0.25) is 0 Å². The minimum atomic E-state index is -0.739. The molecule has 0 atom stereocenters. The summed E-state index contributed by atoms with van der Waals surface area (Å²) in [6, 6.07) is 19.7. The van der Waals surface area contributed by atoms with Crippen molar-refractivity contribution < 1.29 is 23.9 Å². The fourth-order valence-corrected chi connectivity index (χ4v) is 3.22. The first kappa shape index (κ1) is 19.3. The molecule has 0 radical (unpaired) electrons. The van der Waals surface area contributed by atoms with Gasteiger partial charge in [0, 0.05) is 5.56 Å². The molecule has 0 saturated carbocycles. The normalized spacial score (nSPS) is 12.6. The number of carbonyl (C=O) groups is 4. The minimum Gasteiger partial charge on any atom is -0.454 e. The summed E-state index contributed by atoms with van der Waals surface area (Å²) >= 11 is 0. The van der Waals surface area contributed by atoms with Crippen molar-refractivity contribution in [3.05, 3.63) is 101 Å². The van der Waals surface area contributed by atoms with Crippen molar-refractivity contribution >= 4 is 29.3 Å². The molecule has 2 amide bonds. The molecule has 1 aliphatic heterocycles. The molecule has 6 nitrogen and oxygen atoms in total. The van der Waals surface area contributed by atoms with Gasteiger partial charge in [0.05, 0.1) is 22.4 Å². The highest BCUT2D eigenvalue weighted by atomic mass is 16.5. The Hall–Kier alpha value is -4.06. The van der Waals surface area contributed by atoms with E-state index in [2.05, 4.69) is 0 Å². The largest absolute Gasteiger partial charge is 0.454 e. The van der Waals surface area contributed by atoms with Crippen LogP contribution in [0.25, 0.3) is 0 Å². The average molecular weight is 399 g/mol. The SMILES string of the molecule is Cc1ccc(C(=O)COC(=O)c2ccc3c(c2)C(=O)N(c2ccccc2)C3=O)cc1. The number of amides is 2. The minimum absolute atomic E-state index is 0.0986. The van der Waals surface area contributed by atoms with E-state index in [-0.39, 0.29) is 22.5 Å². The van der Waals surface area contributed by atoms with Gasteiger partial charge in [-0.1, -0.05) is 48.0 Å². The molecular formula is C24H17NO5. The van der Waals surface area contributed by atoms with Gasteiger partial charge in [0.1, 0.15) is 0 Å². The third-order valence-corrected chi connectivity index (χ3v) is 4.84. The first-order chi connectivity index (χ1) is 14.5. The van der Waals surface area contributed by atoms with Crippen molar-refractivity contribution in [2.75, 3.05) is 11.5 Å². The first-order valence-corrected chi connectivity index (χ1v) is 9.30. The van der Waals surface area contributed by atoms with Gasteiger partial charge in [-0.2, -0.15) is 0 Å². The average Bonchev–Trinajstić information content (AvgIpc) is 3.02. The number of hydrogen-bond acceptors (Lipinski definition) is 5. The van der Waals surface area contributed by atoms with Gasteiger partial charge in [-0.15, -0.1) is 0 Å². The molecule has 6 heteroatoms. The Morgan fingerprint density at radius 1 is 0.800 bits per heavy atom. The Bertz CT molecular complexity index is 1170. The van der Waals surface area contributed by atoms with E-state index in [0.717, 1.165) is 10.5 Å². The Balaban J connectivity index is 1.50. The number of rotatable bonds is 5. The van der Waals surface area contributed by atoms with Crippen LogP contribution in [-0.2, 0) is 4.74 Å². The standard InChI is InChI=1S/C24H17NO5/c1-15-7-9-16(10-8-15)21(26)14-30-24(29)17-11-12-19-20(13-17)23(28)25(22(19)27)18-5-3-2-4-6-18/h2-13H,14H2,1H3. The number of aryl methyl sites for hydroxylation is 1. The number of esters is 1. The number of nitrogens with zero attached hydrogens (tertiary/aromatic N) is 1. The number of para-hydroxylation sites is 1. The van der Waals surface area contributed by atoms with Crippen molar-refractivity contribution in [2.24, 2.45) is 0 Å². The lowest BCUT2D eigenvalue weighted by Gasteiger charge is -2.13. The van der Waals surface area contributed by atoms with Crippen LogP contribution in [0.5, 0.6) is 0 Å². The van der Waals surface area contributed by atoms with Crippen LogP contribution in [0.3, 0.4) is 0 Å². The van der Waals surface area contributed by atoms with Crippen LogP contribution in [0.1, 0.15) is 47.0 Å². The van der Waals surface area contributed by atoms with Crippen LogP contribution < -0.4 is 4.90 Å². The van der Waals surface area contributed by atoms with Gasteiger partial charge in [0.2, 0.25) is 0 Å². The molecule has 3 aromatic rings. The summed E-state index contributed by atoms with van der Waals surface area (Å²) in [5, 5.41) is 0. The van der Waals surface area contributed by atoms with Gasteiger partial charge in [-0.3, -0.25) is 14.4 Å². The molecule has 0 aliphatic carbocycles. The van der Waals surface area contributed by atoms with Gasteiger partial charge in [0.25, 0.3) is 11.8 Å². The highest BCUT2D eigenvalue weighted by molar-refractivity contribution is 6.34. The van der Waals surface area contributed by atoms with Gasteiger partial charge in [0.15, 0.2) is 12.4 Å². The van der Waals surface area contributed by atoms with Crippen molar-refractivity contribution in [2.45, 2.75) is 6.92 Å². The predicted octanol–water partition coefficient (Wildman–Crippen LogP) is 3.84. The molecule has 30 heavy (non-hydrogen) atoms. The van der Waals surface area contributed by atoms with Crippen LogP contribution >= 0.6 is 0 Å². The van der Waals surface area contributed by atoms with Crippen LogP contribution in [-0.4, -0.2) is 30.2 Å². The number of fused-ring (bicyclic) bond motifs is 1. The maximum atomic E-state index is 12.8. The summed E-state index contributed by atoms with van der Waals surface area (Å²) in [6.45, 7) is 1.50. The monoisotopic (exact) mass is 399 g/mol. The van der Waals surface area contributed by atoms with Gasteiger partial charge < -0.3 is 4.74 Å². The molecule has 1 aliphatic rings. The summed E-state index contributed by atoms with van der Waals surface area (Å²) in [5.74, 6) is -2.02. The molecule has 0 fully saturated rings. The molecule has 0 aromatic heterocycles. The summed E-state index contributed by atoms with van der Waals surface area (Å²) in [4.78, 5) is 51.0. The van der Waals surface area contributed by atoms with E-state index in [4.69, 9.17) is 4.74 Å². The smallest absolute Gasteiger partial charge is 0.338 e. The first-order valence-electron chi connectivity index (χ1n) is 9.30. The van der Waals surface area contributed by atoms with Crippen molar-refractivity contribution in [3.63, 3.8) is 0 Å². The third-order valence-electron chi connectivity index (χ3n) is 4.84. The lowest BCUT2D eigenvalue weighted by molar-refractivity contribution is 0.0474. The van der Waals surface area contributed by atoms with Gasteiger partial charge >= 0.3 is 5.97 Å². The molecule has 0 unspecified atom stereocenters. The molecule has 0 N–H and O–H groups in total. The number of imide groups is 1. The second kappa shape index (κ2) is 7.75. The van der Waals surface area contributed by atoms with Crippen LogP contribution in [0, 0.1) is 6.92 Å². The van der Waals surface area contributed by atoms with Crippen molar-refractivity contribution in [3.8, 4) is 0 Å². The number of carbonyl (C=O) groups excluding carboxylic acids is 4. The van der Waals surface area contributed by atoms with Crippen LogP contribution in [0.4, 0.5) is 5.69 Å². The Labute approximate surface area is 172 Å². The second-order valence-electron chi connectivity index (χ2n) is 6.91. The van der Waals surface area contributed by atoms with Gasteiger partial charge in [-0.25, -0.2) is 9.69 Å². The highest BCUT2D eigenvalue weighted by Gasteiger charge is 2.37. The van der Waals surface area contributed by atoms with E-state index in [1.807, 2.05) is 6.92 Å². The number of hydrogen-bond donors (Lipinski definition) is 0. The Kier molecular flexibility index (Phi) is 4.98. The van der Waals surface area contributed by atoms with Gasteiger partial charge in [-0.05, 0) is 37.3 Å². The zero-order chi connectivity index (χ0) is 21.3. The fraction of sp³-hybridized carbons (Fsp3) is 0.0833. The number of anilines is 1. The van der Waals surface area contributed by atoms with Crippen LogP contribution in [0.15, 0.2) is 72.8 Å². The number of Topliss-reactive ketones (excluding diaryl/α,β-unsaturated/α-hetero) is 1. The van der Waals surface area contributed by atoms with E-state index in [9.17, 15) is 19.2 Å². The molecule has 3 aromatic carbocycles. The zero-order valence-electron chi connectivity index (χ0n) is 16.1. The number of benzene rings is 3. The fourth-order valence-electron chi connectivity index (χ4n) is 3.22. The van der Waals surface area contributed by atoms with Crippen molar-refractivity contribution in [1.29, 1.82) is 0 Å². The maximum absolute atomic E-state index is 12.8. The van der Waals surface area contributed by atoms with E-state index < -0.39 is 24.4 Å². The third kappa shape index (κ3) is 3.51. The molecule has 0 spiro atoms. The Morgan fingerprint density at radius 2 is 1.43 bits per heavy atom. The topological polar surface area (TPSA) is 80.8 Å². The molecular weight excluding hydrogens is 382 g/mol. The zero-order valence-corrected chi connectivity index (χ0v) is 16.1. The quantitative estimate of drug-likeness (QED) is 0.370. The molecule has 0 bridgehead atoms. The number of ether oxygens (including phenoxy) is 1. The summed E-state index contributed by atoms with van der Waals surface area (Å²) in [7, 11) is 0. The predicted molar refractivity (Wildman–Crippen MR) is 110 cm³/mol. The summed E-state index contributed by atoms with van der Waals surface area (Å²) in [5.41, 5.74) is 2.37. The molecule has 4 rings (SSSR count). The Morgan fingerprint density at radius 3 is 2.13 bits per heavy atom. The molecule has 0 saturated heterocycles. The maximum Gasteiger partial charge on any atom is 0.338 e. The van der Waals surface area contributed by atoms with E-state index in [1.165, 1.54) is 18.2 Å². The van der Waals surface area contributed by atoms with Crippen molar-refractivity contribution in [1.82, 2.24) is 0 Å². The lowest BCUT2D eigenvalue weighted by Crippen LogP contribution is -2.29. The van der Waals surface area contributed by atoms with E-state index >= 15 is 0 Å². The van der Waals surface area contributed by atoms with E-state index in [1.54, 1.807) is 54.6 Å². The van der Waals surface area contributed by atoms with E-state index in [0.29, 0.717) is 11.3 Å². The summed E-state index contributed by atoms with van der Waals surface area (Å²) < 4.78 is 5.11. The molecule has 1 heterocycles. The lowest BCUT2D eigenvalue weighted by atomic mass is 10.1.